The van der Waals surface area contributed by atoms with E-state index in [0.717, 1.165) is 57.8 Å². The van der Waals surface area contributed by atoms with Crippen molar-refractivity contribution in [2.45, 2.75) is 348 Å². The molecule has 0 saturated carbocycles. The molecule has 0 bridgehead atoms. The first-order chi connectivity index (χ1) is 32.0. The van der Waals surface area contributed by atoms with Crippen molar-refractivity contribution >= 4 is 17.9 Å². The molecule has 1 atom stereocenters. The monoisotopic (exact) mass is 919 g/mol. The summed E-state index contributed by atoms with van der Waals surface area (Å²) in [6.07, 6.45) is 61.5. The Kier molecular flexibility index (Phi) is 53.7. The number of carbonyl (C=O) groups is 3. The third kappa shape index (κ3) is 53.2. The Balaban J connectivity index is 3.88. The second-order valence-corrected chi connectivity index (χ2v) is 20.3. The van der Waals surface area contributed by atoms with Crippen LogP contribution in [0.5, 0.6) is 0 Å². The molecule has 0 aliphatic heterocycles. The first kappa shape index (κ1) is 63.4. The van der Waals surface area contributed by atoms with Crippen LogP contribution in [0, 0.1) is 0 Å². The minimum absolute atomic E-state index is 0.0625. The van der Waals surface area contributed by atoms with Crippen molar-refractivity contribution in [3.8, 4) is 0 Å². The van der Waals surface area contributed by atoms with E-state index in [-0.39, 0.29) is 31.1 Å². The van der Waals surface area contributed by atoms with Gasteiger partial charge in [0.2, 0.25) is 0 Å². The van der Waals surface area contributed by atoms with Crippen LogP contribution in [0.2, 0.25) is 0 Å². The molecule has 0 aliphatic carbocycles. The van der Waals surface area contributed by atoms with Gasteiger partial charge in [-0.05, 0) is 19.3 Å². The van der Waals surface area contributed by atoms with Gasteiger partial charge in [-0.1, -0.05) is 303 Å². The predicted octanol–water partition coefficient (Wildman–Crippen LogP) is 19.5. The van der Waals surface area contributed by atoms with Crippen LogP contribution >= 0.6 is 0 Å². The highest BCUT2D eigenvalue weighted by Gasteiger charge is 2.19. The van der Waals surface area contributed by atoms with Gasteiger partial charge in [0.1, 0.15) is 13.2 Å². The van der Waals surface area contributed by atoms with Gasteiger partial charge in [-0.15, -0.1) is 0 Å². The molecule has 0 aromatic heterocycles. The van der Waals surface area contributed by atoms with E-state index < -0.39 is 6.10 Å². The van der Waals surface area contributed by atoms with E-state index in [2.05, 4.69) is 20.8 Å². The summed E-state index contributed by atoms with van der Waals surface area (Å²) in [5.41, 5.74) is 0. The van der Waals surface area contributed by atoms with Gasteiger partial charge in [0, 0.05) is 19.3 Å². The minimum atomic E-state index is -0.758. The van der Waals surface area contributed by atoms with Gasteiger partial charge >= 0.3 is 17.9 Å². The van der Waals surface area contributed by atoms with Crippen LogP contribution in [-0.2, 0) is 28.6 Å². The summed E-state index contributed by atoms with van der Waals surface area (Å²) in [5.74, 6) is -0.849. The second kappa shape index (κ2) is 55.0. The lowest BCUT2D eigenvalue weighted by Gasteiger charge is -2.18. The summed E-state index contributed by atoms with van der Waals surface area (Å²) in [6.45, 7) is 6.64. The fourth-order valence-electron chi connectivity index (χ4n) is 9.15. The Hall–Kier alpha value is -1.59. The molecule has 6 heteroatoms. The maximum atomic E-state index is 12.7. The molecule has 0 amide bonds. The van der Waals surface area contributed by atoms with Crippen molar-refractivity contribution in [3.63, 3.8) is 0 Å². The van der Waals surface area contributed by atoms with Gasteiger partial charge in [0.05, 0.1) is 0 Å². The predicted molar refractivity (Wildman–Crippen MR) is 280 cm³/mol. The summed E-state index contributed by atoms with van der Waals surface area (Å²) < 4.78 is 16.7. The molecule has 65 heavy (non-hydrogen) atoms. The molecule has 0 radical (unpaired) electrons. The standard InChI is InChI=1S/C59H114O6/c1-4-7-10-13-16-19-20-21-22-23-24-25-26-27-28-29-30-31-32-33-34-35-36-37-38-39-41-43-46-49-52-58(61)64-55-56(54-63-57(60)51-48-45-42-18-15-12-9-6-3)65-59(62)53-50-47-44-40-17-14-11-8-5-2/h56H,4-55H2,1-3H3. The number of hydrogen-bond donors (Lipinski definition) is 0. The molecule has 6 nitrogen and oxygen atoms in total. The van der Waals surface area contributed by atoms with Crippen LogP contribution in [-0.4, -0.2) is 37.2 Å². The van der Waals surface area contributed by atoms with Crippen molar-refractivity contribution in [2.75, 3.05) is 13.2 Å². The molecule has 0 fully saturated rings. The quantitative estimate of drug-likeness (QED) is 0.0344. The lowest BCUT2D eigenvalue weighted by molar-refractivity contribution is -0.167. The summed E-state index contributed by atoms with van der Waals surface area (Å²) in [6, 6.07) is 0. The lowest BCUT2D eigenvalue weighted by atomic mass is 10.0. The van der Waals surface area contributed by atoms with E-state index in [4.69, 9.17) is 14.2 Å². The Morgan fingerprint density at radius 1 is 0.246 bits per heavy atom. The number of hydrogen-bond acceptors (Lipinski definition) is 6. The molecule has 0 aromatic rings. The largest absolute Gasteiger partial charge is 0.462 e. The van der Waals surface area contributed by atoms with E-state index in [9.17, 15) is 14.4 Å². The maximum absolute atomic E-state index is 12.7. The highest BCUT2D eigenvalue weighted by molar-refractivity contribution is 5.71. The van der Waals surface area contributed by atoms with E-state index in [0.29, 0.717) is 19.3 Å². The summed E-state index contributed by atoms with van der Waals surface area (Å²) in [7, 11) is 0. The normalized spacial score (nSPS) is 11.9. The van der Waals surface area contributed by atoms with Crippen LogP contribution in [0.15, 0.2) is 0 Å². The van der Waals surface area contributed by atoms with E-state index in [1.54, 1.807) is 0 Å². The van der Waals surface area contributed by atoms with E-state index >= 15 is 0 Å². The van der Waals surface area contributed by atoms with Gasteiger partial charge in [-0.2, -0.15) is 0 Å². The zero-order chi connectivity index (χ0) is 47.2. The average molecular weight is 920 g/mol. The van der Waals surface area contributed by atoms with Crippen molar-refractivity contribution in [1.29, 1.82) is 0 Å². The van der Waals surface area contributed by atoms with Crippen molar-refractivity contribution in [1.82, 2.24) is 0 Å². The van der Waals surface area contributed by atoms with E-state index in [1.807, 2.05) is 0 Å². The van der Waals surface area contributed by atoms with Crippen LogP contribution in [0.4, 0.5) is 0 Å². The zero-order valence-electron chi connectivity index (χ0n) is 44.3. The molecular formula is C59H114O6. The van der Waals surface area contributed by atoms with Crippen molar-refractivity contribution in [2.24, 2.45) is 0 Å². The fraction of sp³-hybridized carbons (Fsp3) is 0.949. The van der Waals surface area contributed by atoms with Crippen molar-refractivity contribution in [3.05, 3.63) is 0 Å². The van der Waals surface area contributed by atoms with Gasteiger partial charge < -0.3 is 14.2 Å². The van der Waals surface area contributed by atoms with Crippen LogP contribution in [0.3, 0.4) is 0 Å². The molecule has 1 unspecified atom stereocenters. The second-order valence-electron chi connectivity index (χ2n) is 20.3. The third-order valence-corrected chi connectivity index (χ3v) is 13.6. The fourth-order valence-corrected chi connectivity index (χ4v) is 9.15. The summed E-state index contributed by atoms with van der Waals surface area (Å²) >= 11 is 0. The van der Waals surface area contributed by atoms with Gasteiger partial charge in [-0.3, -0.25) is 14.4 Å². The molecule has 0 aliphatic rings. The Morgan fingerprint density at radius 3 is 0.615 bits per heavy atom. The molecule has 0 heterocycles. The lowest BCUT2D eigenvalue weighted by Crippen LogP contribution is -2.30. The van der Waals surface area contributed by atoms with Gasteiger partial charge in [0.25, 0.3) is 0 Å². The Labute approximate surface area is 406 Å². The molecule has 0 N–H and O–H groups in total. The van der Waals surface area contributed by atoms with Gasteiger partial charge in [0.15, 0.2) is 6.10 Å². The molecule has 386 valence electrons. The first-order valence-electron chi connectivity index (χ1n) is 29.5. The number of ether oxygens (including phenoxy) is 3. The Morgan fingerprint density at radius 2 is 0.415 bits per heavy atom. The van der Waals surface area contributed by atoms with Crippen molar-refractivity contribution < 1.29 is 28.6 Å². The van der Waals surface area contributed by atoms with Crippen LogP contribution in [0.25, 0.3) is 0 Å². The average Bonchev–Trinajstić information content (AvgIpc) is 3.30. The highest BCUT2D eigenvalue weighted by Crippen LogP contribution is 2.18. The van der Waals surface area contributed by atoms with Crippen LogP contribution in [0.1, 0.15) is 342 Å². The third-order valence-electron chi connectivity index (χ3n) is 13.6. The molecule has 0 saturated heterocycles. The van der Waals surface area contributed by atoms with Crippen LogP contribution < -0.4 is 0 Å². The first-order valence-corrected chi connectivity index (χ1v) is 29.5. The highest BCUT2D eigenvalue weighted by atomic mass is 16.6. The number of rotatable bonds is 55. The zero-order valence-corrected chi connectivity index (χ0v) is 44.3. The maximum Gasteiger partial charge on any atom is 0.306 e. The summed E-state index contributed by atoms with van der Waals surface area (Å²) in [5, 5.41) is 0. The minimum Gasteiger partial charge on any atom is -0.462 e. The summed E-state index contributed by atoms with van der Waals surface area (Å²) in [4.78, 5) is 37.8. The number of esters is 3. The topological polar surface area (TPSA) is 78.9 Å². The van der Waals surface area contributed by atoms with E-state index in [1.165, 1.54) is 244 Å². The molecule has 0 rings (SSSR count). The molecule has 0 spiro atoms. The SMILES string of the molecule is CCCCCCCCCCCCCCCCCCCCCCCCCCCCCCCCC(=O)OCC(COC(=O)CCCCCCCCCC)OC(=O)CCCCCCCCCCC. The molecular weight excluding hydrogens is 805 g/mol. The number of unbranched alkanes of at least 4 members (excludes halogenated alkanes) is 44. The molecule has 0 aromatic carbocycles. The number of carbonyl (C=O) groups excluding carboxylic acids is 3. The Bertz CT molecular complexity index is 967. The van der Waals surface area contributed by atoms with Gasteiger partial charge in [-0.25, -0.2) is 0 Å². The smallest absolute Gasteiger partial charge is 0.306 e.